The summed E-state index contributed by atoms with van der Waals surface area (Å²) in [4.78, 5) is 14.6. The molecule has 31 heavy (non-hydrogen) atoms. The first-order valence-electron chi connectivity index (χ1n) is 10.7. The minimum absolute atomic E-state index is 0.0987. The molecule has 0 saturated heterocycles. The van der Waals surface area contributed by atoms with Crippen LogP contribution in [0.5, 0.6) is 0 Å². The van der Waals surface area contributed by atoms with Gasteiger partial charge in [-0.15, -0.1) is 0 Å². The predicted molar refractivity (Wildman–Crippen MR) is 129 cm³/mol. The summed E-state index contributed by atoms with van der Waals surface area (Å²) in [6.07, 6.45) is 0. The number of anilines is 1. The lowest BCUT2D eigenvalue weighted by atomic mass is 9.59. The van der Waals surface area contributed by atoms with Crippen molar-refractivity contribution >= 4 is 23.4 Å². The van der Waals surface area contributed by atoms with Crippen molar-refractivity contribution in [2.45, 2.75) is 24.2 Å². The van der Waals surface area contributed by atoms with Gasteiger partial charge in [-0.05, 0) is 46.3 Å². The molecule has 2 aliphatic rings. The van der Waals surface area contributed by atoms with Crippen LogP contribution in [0.15, 0.2) is 102 Å². The zero-order valence-electron chi connectivity index (χ0n) is 17.6. The van der Waals surface area contributed by atoms with E-state index in [2.05, 4.69) is 65.4 Å². The van der Waals surface area contributed by atoms with Gasteiger partial charge >= 0.3 is 0 Å². The minimum Gasteiger partial charge on any atom is -0.325 e. The topological polar surface area (TPSA) is 29.1 Å². The smallest absolute Gasteiger partial charge is 0.193 e. The summed E-state index contributed by atoms with van der Waals surface area (Å²) in [6.45, 7) is 4.00. The zero-order valence-corrected chi connectivity index (χ0v) is 18.4. The largest absolute Gasteiger partial charge is 0.325 e. The van der Waals surface area contributed by atoms with Gasteiger partial charge in [0.25, 0.3) is 0 Å². The van der Waals surface area contributed by atoms with Gasteiger partial charge in [-0.25, -0.2) is 0 Å². The normalized spacial score (nSPS) is 14.6. The molecule has 0 unspecified atom stereocenters. The van der Waals surface area contributed by atoms with E-state index in [9.17, 15) is 4.79 Å². The van der Waals surface area contributed by atoms with E-state index in [0.717, 1.165) is 27.9 Å². The molecule has 0 aromatic heterocycles. The van der Waals surface area contributed by atoms with E-state index in [1.165, 1.54) is 16.0 Å². The molecule has 1 heterocycles. The molecule has 4 aromatic carbocycles. The van der Waals surface area contributed by atoms with Gasteiger partial charge in [0.05, 0.1) is 5.41 Å². The van der Waals surface area contributed by atoms with E-state index in [1.807, 2.05) is 50.2 Å². The van der Waals surface area contributed by atoms with Crippen LogP contribution in [0.25, 0.3) is 0 Å². The van der Waals surface area contributed by atoms with Gasteiger partial charge in [-0.1, -0.05) is 98.8 Å². The molecule has 6 rings (SSSR count). The lowest BCUT2D eigenvalue weighted by molar-refractivity contribution is 0.103. The number of hydrogen-bond acceptors (Lipinski definition) is 3. The first kappa shape index (κ1) is 19.7. The average molecular weight is 422 g/mol. The van der Waals surface area contributed by atoms with E-state index in [4.69, 9.17) is 0 Å². The Morgan fingerprint density at radius 1 is 0.613 bits per heavy atom. The fraction of sp³-hybridized carbons (Fsp3) is 0.107. The molecule has 0 atom stereocenters. The molecule has 1 spiro atoms. The van der Waals surface area contributed by atoms with Crippen molar-refractivity contribution in [3.8, 4) is 0 Å². The molecular weight excluding hydrogens is 398 g/mol. The molecule has 1 aliphatic carbocycles. The number of carbonyl (C=O) groups is 1. The Morgan fingerprint density at radius 3 is 1.74 bits per heavy atom. The number of nitrogens with one attached hydrogen (secondary N) is 1. The Labute approximate surface area is 187 Å². The molecule has 0 amide bonds. The Kier molecular flexibility index (Phi) is 4.91. The third-order valence-corrected chi connectivity index (χ3v) is 6.94. The Morgan fingerprint density at radius 2 is 1.10 bits per heavy atom. The number of carbonyl (C=O) groups excluding carboxylic acids is 1. The van der Waals surface area contributed by atoms with E-state index in [0.29, 0.717) is 0 Å². The summed E-state index contributed by atoms with van der Waals surface area (Å²) < 4.78 is 3.56. The third-order valence-electron chi connectivity index (χ3n) is 6.04. The minimum atomic E-state index is -0.551. The Hall–Kier alpha value is -3.30. The maximum Gasteiger partial charge on any atom is 0.193 e. The van der Waals surface area contributed by atoms with Gasteiger partial charge < -0.3 is 4.72 Å². The van der Waals surface area contributed by atoms with E-state index in [-0.39, 0.29) is 5.78 Å². The number of para-hydroxylation sites is 1. The van der Waals surface area contributed by atoms with Gasteiger partial charge in [0.1, 0.15) is 0 Å². The second kappa shape index (κ2) is 7.75. The second-order valence-electron chi connectivity index (χ2n) is 7.42. The van der Waals surface area contributed by atoms with Crippen LogP contribution in [0.4, 0.5) is 5.69 Å². The number of rotatable bonds is 0. The average Bonchev–Trinajstić information content (AvgIpc) is 3.00. The molecule has 152 valence electrons. The second-order valence-corrected chi connectivity index (χ2v) is 8.26. The molecule has 2 nitrogen and oxygen atoms in total. The van der Waals surface area contributed by atoms with Crippen LogP contribution < -0.4 is 4.72 Å². The SMILES string of the molecule is CC.O=C1c2ccccc2C2(c3ccccc3NSc3ccccc32)c2ccccc21. The molecule has 0 saturated carbocycles. The third kappa shape index (κ3) is 2.70. The highest BCUT2D eigenvalue weighted by Crippen LogP contribution is 2.56. The van der Waals surface area contributed by atoms with Crippen molar-refractivity contribution in [1.29, 1.82) is 0 Å². The number of benzene rings is 4. The summed E-state index contributed by atoms with van der Waals surface area (Å²) >= 11 is 1.64. The van der Waals surface area contributed by atoms with Crippen molar-refractivity contribution in [2.75, 3.05) is 4.72 Å². The van der Waals surface area contributed by atoms with Gasteiger partial charge in [0.15, 0.2) is 5.78 Å². The van der Waals surface area contributed by atoms with Crippen LogP contribution in [0.1, 0.15) is 52.0 Å². The Balaban J connectivity index is 0.000000994. The summed E-state index contributed by atoms with van der Waals surface area (Å²) in [6, 6.07) is 33.1. The van der Waals surface area contributed by atoms with E-state index < -0.39 is 5.41 Å². The van der Waals surface area contributed by atoms with Gasteiger partial charge in [0.2, 0.25) is 0 Å². The van der Waals surface area contributed by atoms with Crippen LogP contribution >= 0.6 is 11.9 Å². The van der Waals surface area contributed by atoms with E-state index >= 15 is 0 Å². The first-order valence-corrected chi connectivity index (χ1v) is 11.5. The summed E-state index contributed by atoms with van der Waals surface area (Å²) in [5.41, 5.74) is 6.56. The predicted octanol–water partition coefficient (Wildman–Crippen LogP) is 7.07. The van der Waals surface area contributed by atoms with E-state index in [1.54, 1.807) is 11.9 Å². The van der Waals surface area contributed by atoms with Crippen LogP contribution in [0, 0.1) is 0 Å². The van der Waals surface area contributed by atoms with Gasteiger partial charge in [0, 0.05) is 21.7 Å². The molecule has 1 aliphatic heterocycles. The van der Waals surface area contributed by atoms with Crippen molar-refractivity contribution in [2.24, 2.45) is 0 Å². The lowest BCUT2D eigenvalue weighted by Crippen LogP contribution is -2.38. The van der Waals surface area contributed by atoms with Crippen molar-refractivity contribution in [3.05, 3.63) is 130 Å². The quantitative estimate of drug-likeness (QED) is 0.271. The van der Waals surface area contributed by atoms with Gasteiger partial charge in [-0.2, -0.15) is 0 Å². The number of hydrogen-bond donors (Lipinski definition) is 1. The molecule has 0 bridgehead atoms. The van der Waals surface area contributed by atoms with Crippen molar-refractivity contribution in [3.63, 3.8) is 0 Å². The van der Waals surface area contributed by atoms with Crippen molar-refractivity contribution < 1.29 is 4.79 Å². The highest BCUT2D eigenvalue weighted by molar-refractivity contribution is 8.00. The maximum absolute atomic E-state index is 13.4. The maximum atomic E-state index is 13.4. The number of fused-ring (bicyclic) bond motifs is 8. The molecule has 0 radical (unpaired) electrons. The summed E-state index contributed by atoms with van der Waals surface area (Å²) in [5.74, 6) is 0.0987. The van der Waals surface area contributed by atoms with Crippen LogP contribution in [0.3, 0.4) is 0 Å². The lowest BCUT2D eigenvalue weighted by Gasteiger charge is -2.41. The first-order chi connectivity index (χ1) is 15.3. The highest BCUT2D eigenvalue weighted by atomic mass is 32.2. The number of ketones is 1. The van der Waals surface area contributed by atoms with Crippen LogP contribution in [-0.4, -0.2) is 5.78 Å². The Bertz CT molecular complexity index is 1190. The fourth-order valence-electron chi connectivity index (χ4n) is 4.91. The van der Waals surface area contributed by atoms with Crippen molar-refractivity contribution in [1.82, 2.24) is 0 Å². The van der Waals surface area contributed by atoms with Crippen LogP contribution in [-0.2, 0) is 5.41 Å². The monoisotopic (exact) mass is 421 g/mol. The molecule has 3 heteroatoms. The summed E-state index contributed by atoms with van der Waals surface area (Å²) in [7, 11) is 0. The molecule has 1 N–H and O–H groups in total. The molecular formula is C28H23NOS. The molecule has 4 aromatic rings. The highest BCUT2D eigenvalue weighted by Gasteiger charge is 2.49. The van der Waals surface area contributed by atoms with Gasteiger partial charge in [-0.3, -0.25) is 4.79 Å². The summed E-state index contributed by atoms with van der Waals surface area (Å²) in [5, 5.41) is 0. The zero-order chi connectivity index (χ0) is 21.4. The standard InChI is InChI=1S/C26H17NOS.C2H6/c28-25-17-9-1-3-11-19(17)26(20-12-4-2-10-18(20)25)21-13-5-7-15-23(21)27-29-24-16-8-6-14-22(24)26;1-2/h1-16,27H;1-2H3. The van der Waals surface area contributed by atoms with Crippen LogP contribution in [0.2, 0.25) is 0 Å². The fourth-order valence-corrected chi connectivity index (χ4v) is 5.78. The molecule has 0 fully saturated rings.